The van der Waals surface area contributed by atoms with Crippen LogP contribution in [0.25, 0.3) is 22.3 Å². The summed E-state index contributed by atoms with van der Waals surface area (Å²) in [6.45, 7) is 10.8. The highest BCUT2D eigenvalue weighted by atomic mass is 19.1. The van der Waals surface area contributed by atoms with E-state index >= 15 is 4.39 Å². The number of benzene rings is 2. The summed E-state index contributed by atoms with van der Waals surface area (Å²) in [6.07, 6.45) is 6.69. The van der Waals surface area contributed by atoms with Gasteiger partial charge in [0.15, 0.2) is 5.82 Å². The van der Waals surface area contributed by atoms with Gasteiger partial charge in [0.2, 0.25) is 5.91 Å². The minimum absolute atomic E-state index is 0.156. The molecule has 1 saturated carbocycles. The van der Waals surface area contributed by atoms with E-state index in [0.29, 0.717) is 35.2 Å². The molecule has 242 valence electrons. The number of amides is 1. The van der Waals surface area contributed by atoms with Crippen molar-refractivity contribution in [3.05, 3.63) is 65.2 Å². The van der Waals surface area contributed by atoms with Crippen molar-refractivity contribution in [2.45, 2.75) is 90.1 Å². The summed E-state index contributed by atoms with van der Waals surface area (Å²) < 4.78 is 17.3. The molecule has 7 rings (SSSR count). The van der Waals surface area contributed by atoms with Gasteiger partial charge in [0, 0.05) is 35.4 Å². The number of aliphatic hydroxyl groups is 1. The fraction of sp³-hybridized carbons (Fsp3) is 0.472. The van der Waals surface area contributed by atoms with Crippen LogP contribution >= 0.6 is 0 Å². The van der Waals surface area contributed by atoms with Crippen molar-refractivity contribution in [2.24, 2.45) is 0 Å². The number of likely N-dealkylation sites (tertiary alicyclic amines) is 1. The number of aromatic nitrogens is 3. The van der Waals surface area contributed by atoms with Gasteiger partial charge in [0.25, 0.3) is 0 Å². The van der Waals surface area contributed by atoms with E-state index in [4.69, 9.17) is 4.98 Å². The van der Waals surface area contributed by atoms with E-state index in [1.54, 1.807) is 26.4 Å². The van der Waals surface area contributed by atoms with E-state index in [-0.39, 0.29) is 17.6 Å². The maximum Gasteiger partial charge on any atom is 0.237 e. The molecule has 1 unspecified atom stereocenters. The quantitative estimate of drug-likeness (QED) is 0.202. The number of nitrogens with zero attached hydrogens (tertiary/aromatic N) is 5. The summed E-state index contributed by atoms with van der Waals surface area (Å²) in [7, 11) is 1.65. The Morgan fingerprint density at radius 3 is 2.57 bits per heavy atom. The van der Waals surface area contributed by atoms with E-state index in [9.17, 15) is 9.90 Å². The summed E-state index contributed by atoms with van der Waals surface area (Å²) in [5.41, 5.74) is 5.87. The van der Waals surface area contributed by atoms with E-state index < -0.39 is 17.5 Å². The minimum Gasteiger partial charge on any atom is -0.374 e. The maximum atomic E-state index is 15.3. The molecule has 10 heteroatoms. The first kappa shape index (κ1) is 30.8. The van der Waals surface area contributed by atoms with E-state index in [1.165, 1.54) is 38.4 Å². The highest BCUT2D eigenvalue weighted by Crippen LogP contribution is 2.48. The van der Waals surface area contributed by atoms with Crippen LogP contribution in [-0.2, 0) is 16.8 Å². The lowest BCUT2D eigenvalue weighted by molar-refractivity contribution is -0.123. The third-order valence-electron chi connectivity index (χ3n) is 10.5. The van der Waals surface area contributed by atoms with Gasteiger partial charge in [-0.1, -0.05) is 18.6 Å². The van der Waals surface area contributed by atoms with Crippen LogP contribution in [0.2, 0.25) is 0 Å². The Hall–Kier alpha value is -3.86. The van der Waals surface area contributed by atoms with E-state index in [1.807, 2.05) is 37.5 Å². The van der Waals surface area contributed by atoms with Crippen molar-refractivity contribution in [1.82, 2.24) is 24.8 Å². The molecule has 1 amide bonds. The number of halogens is 1. The number of hydrogen-bond acceptors (Lipinski definition) is 7. The van der Waals surface area contributed by atoms with Crippen molar-refractivity contribution in [3.63, 3.8) is 0 Å². The summed E-state index contributed by atoms with van der Waals surface area (Å²) in [6, 6.07) is 11.9. The van der Waals surface area contributed by atoms with Crippen LogP contribution in [0.5, 0.6) is 0 Å². The largest absolute Gasteiger partial charge is 0.374 e. The molecule has 0 radical (unpaired) electrons. The smallest absolute Gasteiger partial charge is 0.237 e. The second-order valence-corrected chi connectivity index (χ2v) is 13.7. The number of piperidine rings is 1. The Morgan fingerprint density at radius 2 is 1.85 bits per heavy atom. The van der Waals surface area contributed by atoms with Gasteiger partial charge in [-0.2, -0.15) is 0 Å². The predicted octanol–water partition coefficient (Wildman–Crippen LogP) is 6.16. The summed E-state index contributed by atoms with van der Waals surface area (Å²) in [4.78, 5) is 28.3. The van der Waals surface area contributed by atoms with Gasteiger partial charge in [0.05, 0.1) is 28.6 Å². The maximum absolute atomic E-state index is 15.3. The van der Waals surface area contributed by atoms with Crippen LogP contribution in [0.15, 0.2) is 42.7 Å². The molecule has 4 aromatic rings. The molecule has 1 saturated heterocycles. The number of nitrogens with one attached hydrogen (secondary N) is 2. The van der Waals surface area contributed by atoms with Crippen molar-refractivity contribution >= 4 is 34.1 Å². The molecule has 2 fully saturated rings. The van der Waals surface area contributed by atoms with Gasteiger partial charge in [-0.15, -0.1) is 0 Å². The molecule has 1 aliphatic carbocycles. The van der Waals surface area contributed by atoms with Crippen LogP contribution < -0.4 is 15.5 Å². The Balaban J connectivity index is 1.26. The third-order valence-corrected chi connectivity index (χ3v) is 10.5. The normalized spacial score (nSPS) is 21.8. The fourth-order valence-corrected chi connectivity index (χ4v) is 7.59. The first-order chi connectivity index (χ1) is 22.1. The molecular weight excluding hydrogens is 581 g/mol. The number of carbonyl (C=O) groups excluding carboxylic acids is 1. The van der Waals surface area contributed by atoms with Gasteiger partial charge in [-0.05, 0) is 109 Å². The highest BCUT2D eigenvalue weighted by molar-refractivity contribution is 6.08. The number of imidazole rings is 1. The first-order valence-electron chi connectivity index (χ1n) is 16.6. The number of pyridine rings is 1. The number of fused-ring (bicyclic) bond motifs is 2. The van der Waals surface area contributed by atoms with Crippen molar-refractivity contribution < 1.29 is 14.3 Å². The van der Waals surface area contributed by atoms with Crippen LogP contribution in [-0.4, -0.2) is 62.7 Å². The van der Waals surface area contributed by atoms with Crippen LogP contribution in [0.4, 0.5) is 21.6 Å². The van der Waals surface area contributed by atoms with Crippen molar-refractivity contribution in [1.29, 1.82) is 0 Å². The van der Waals surface area contributed by atoms with Gasteiger partial charge < -0.3 is 24.8 Å². The Kier molecular flexibility index (Phi) is 7.85. The predicted molar refractivity (Wildman–Crippen MR) is 180 cm³/mol. The summed E-state index contributed by atoms with van der Waals surface area (Å²) in [5, 5.41) is 16.5. The minimum atomic E-state index is -0.936. The highest BCUT2D eigenvalue weighted by Gasteiger charge is 2.50. The first-order valence-corrected chi connectivity index (χ1v) is 16.6. The average Bonchev–Trinajstić information content (AvgIpc) is 3.54. The molecule has 9 nitrogen and oxygen atoms in total. The zero-order chi connectivity index (χ0) is 32.3. The molecule has 46 heavy (non-hydrogen) atoms. The standard InChI is InChI=1S/C36H44FN7O2/c1-6-42-20-39-30-19-28(40-33(32(30)42)41-29-18-25(34(45)38-5)21(2)14-27(29)37)22-10-11-26-31(15-22)44(35(46)36(26,3)4)24-16-23(17-24)43-12-8-7-9-13-43/h10-11,14-15,18-20,23-24,34,38,45H,6-9,12-13,16-17H2,1-5H3,(H,40,41). The van der Waals surface area contributed by atoms with Gasteiger partial charge >= 0.3 is 0 Å². The molecule has 1 atom stereocenters. The Bertz CT molecular complexity index is 1810. The summed E-state index contributed by atoms with van der Waals surface area (Å²) in [5.74, 6) is 0.185. The van der Waals surface area contributed by atoms with Crippen LogP contribution in [0.3, 0.4) is 0 Å². The van der Waals surface area contributed by atoms with Crippen LogP contribution in [0, 0.1) is 12.7 Å². The molecule has 0 spiro atoms. The second kappa shape index (κ2) is 11.7. The SMILES string of the molecule is CCn1cnc2cc(-c3ccc4c(c3)N(C3CC(N5CCCCC5)C3)C(=O)C4(C)C)nc(Nc3cc(C(O)NC)c(C)cc3F)c21. The Morgan fingerprint density at radius 1 is 1.09 bits per heavy atom. The fourth-order valence-electron chi connectivity index (χ4n) is 7.59. The second-order valence-electron chi connectivity index (χ2n) is 13.7. The molecule has 3 N–H and O–H groups in total. The van der Waals surface area contributed by atoms with Gasteiger partial charge in [0.1, 0.15) is 17.6 Å². The zero-order valence-corrected chi connectivity index (χ0v) is 27.4. The number of hydrogen-bond donors (Lipinski definition) is 3. The van der Waals surface area contributed by atoms with Crippen molar-refractivity contribution in [3.8, 4) is 11.3 Å². The number of carbonyl (C=O) groups is 1. The van der Waals surface area contributed by atoms with Crippen molar-refractivity contribution in [2.75, 3.05) is 30.4 Å². The molecule has 2 aromatic carbocycles. The van der Waals surface area contributed by atoms with Crippen LogP contribution in [0.1, 0.15) is 75.8 Å². The zero-order valence-electron chi connectivity index (χ0n) is 27.4. The molecule has 2 aromatic heterocycles. The number of aryl methyl sites for hydroxylation is 2. The average molecular weight is 626 g/mol. The summed E-state index contributed by atoms with van der Waals surface area (Å²) >= 11 is 0. The van der Waals surface area contributed by atoms with Gasteiger partial charge in [-0.25, -0.2) is 14.4 Å². The third kappa shape index (κ3) is 5.07. The molecule has 0 bridgehead atoms. The topological polar surface area (TPSA) is 98.6 Å². The lowest BCUT2D eigenvalue weighted by Gasteiger charge is -2.48. The monoisotopic (exact) mass is 625 g/mol. The number of rotatable bonds is 8. The molecule has 4 heterocycles. The molecule has 2 aliphatic heterocycles. The number of anilines is 3. The van der Waals surface area contributed by atoms with E-state index in [0.717, 1.165) is 40.7 Å². The van der Waals surface area contributed by atoms with E-state index in [2.05, 4.69) is 37.6 Å². The lowest BCUT2D eigenvalue weighted by Crippen LogP contribution is -2.57. The Labute approximate surface area is 269 Å². The molecular formula is C36H44FN7O2. The number of aliphatic hydroxyl groups excluding tert-OH is 1. The molecule has 3 aliphatic rings. The lowest BCUT2D eigenvalue weighted by atomic mass is 9.82. The van der Waals surface area contributed by atoms with Gasteiger partial charge in [-0.3, -0.25) is 10.1 Å².